The first kappa shape index (κ1) is 44.9. The Morgan fingerprint density at radius 2 is 1.60 bits per heavy atom. The molecule has 0 unspecified atom stereocenters. The van der Waals surface area contributed by atoms with Crippen molar-refractivity contribution in [2.24, 2.45) is 5.41 Å². The van der Waals surface area contributed by atoms with Gasteiger partial charge < -0.3 is 14.8 Å². The van der Waals surface area contributed by atoms with Crippen LogP contribution in [0.15, 0.2) is 24.5 Å². The number of nitrogens with zero attached hydrogens (tertiary/aromatic N) is 1. The van der Waals surface area contributed by atoms with Crippen molar-refractivity contribution >= 4 is 39.2 Å². The third kappa shape index (κ3) is 26.1. The number of aromatic nitrogens is 1. The smallest absolute Gasteiger partial charge is 0.306 e. The van der Waals surface area contributed by atoms with Crippen LogP contribution < -0.4 is 5.32 Å². The van der Waals surface area contributed by atoms with Gasteiger partial charge >= 0.3 is 5.97 Å². The van der Waals surface area contributed by atoms with Gasteiger partial charge in [0.2, 0.25) is 0 Å². The van der Waals surface area contributed by atoms with E-state index in [0.717, 1.165) is 19.3 Å². The number of pyridine rings is 1. The summed E-state index contributed by atoms with van der Waals surface area (Å²) in [6, 6.07) is 3.41. The molecule has 6 nitrogen and oxygen atoms in total. The summed E-state index contributed by atoms with van der Waals surface area (Å²) in [5, 5.41) is 2.72. The summed E-state index contributed by atoms with van der Waals surface area (Å²) in [6.45, 7) is 27.0. The van der Waals surface area contributed by atoms with Crippen LogP contribution in [-0.4, -0.2) is 45.3 Å². The largest absolute Gasteiger partial charge is 0.460 e. The second-order valence-corrected chi connectivity index (χ2v) is 14.6. The van der Waals surface area contributed by atoms with Crippen LogP contribution in [0.4, 0.5) is 0 Å². The van der Waals surface area contributed by atoms with Crippen molar-refractivity contribution in [1.82, 2.24) is 10.3 Å². The number of carbonyl (C=O) groups is 3. The molecular weight excluding hydrogens is 565 g/mol. The van der Waals surface area contributed by atoms with Gasteiger partial charge in [-0.1, -0.05) is 90.3 Å². The lowest BCUT2D eigenvalue weighted by Crippen LogP contribution is -2.32. The highest BCUT2D eigenvalue weighted by atomic mass is 33.1. The van der Waals surface area contributed by atoms with Gasteiger partial charge in [-0.05, 0) is 77.3 Å². The second-order valence-electron chi connectivity index (χ2n) is 11.6. The molecule has 1 aromatic heterocycles. The highest BCUT2D eigenvalue weighted by Gasteiger charge is 2.31. The highest BCUT2D eigenvalue weighted by Crippen LogP contribution is 2.49. The molecule has 246 valence electrons. The van der Waals surface area contributed by atoms with Gasteiger partial charge in [0.15, 0.2) is 0 Å². The Balaban J connectivity index is -0.000000636. The van der Waals surface area contributed by atoms with Crippen LogP contribution >= 0.6 is 21.6 Å². The number of ether oxygens (including phenoxy) is 1. The van der Waals surface area contributed by atoms with E-state index >= 15 is 0 Å². The Morgan fingerprint density at radius 1 is 0.976 bits per heavy atom. The van der Waals surface area contributed by atoms with Gasteiger partial charge in [-0.3, -0.25) is 14.6 Å². The standard InChI is InChI=1S/C17H32O2S2.C11H14N2O2.3C2H6/c1-15(2,3)13-16(4,5)19-14(18)9-7-8-10-17(6)11-12-20-21-17;1-9(14)4-2-7-13-11(15)10-5-3-6-12-8-10;3*1-2/h7-13H2,1-6H3;3,5-6,8H,2,4,7H2,1H3,(H,13,15);3*1-2H3/t17-;;;;/m1..../s1. The summed E-state index contributed by atoms with van der Waals surface area (Å²) in [5.41, 5.74) is 0.356. The molecular formula is C34H64N2O4S2. The summed E-state index contributed by atoms with van der Waals surface area (Å²) >= 11 is 0. The van der Waals surface area contributed by atoms with Crippen LogP contribution in [0.2, 0.25) is 0 Å². The van der Waals surface area contributed by atoms with Gasteiger partial charge in [0, 0.05) is 42.3 Å². The zero-order valence-electron chi connectivity index (χ0n) is 29.3. The summed E-state index contributed by atoms with van der Waals surface area (Å²) < 4.78 is 6.09. The number of hydrogen-bond acceptors (Lipinski definition) is 7. The summed E-state index contributed by atoms with van der Waals surface area (Å²) in [6.07, 6.45) is 10.3. The van der Waals surface area contributed by atoms with Crippen molar-refractivity contribution < 1.29 is 19.1 Å². The SMILES string of the molecule is CC.CC.CC.CC(=O)CCCNC(=O)c1cccnc1.CC(C)(C)CC(C)(C)OC(=O)CCCC[C@]1(C)CCSS1. The molecule has 1 atom stereocenters. The Bertz CT molecular complexity index is 819. The Kier molecular flexibility index (Phi) is 27.7. The topological polar surface area (TPSA) is 85.4 Å². The van der Waals surface area contributed by atoms with Crippen LogP contribution in [0.25, 0.3) is 0 Å². The molecule has 42 heavy (non-hydrogen) atoms. The average Bonchev–Trinajstić information content (AvgIpc) is 3.38. The quantitative estimate of drug-likeness (QED) is 0.140. The van der Waals surface area contributed by atoms with Crippen molar-refractivity contribution in [3.05, 3.63) is 30.1 Å². The number of nitrogens with one attached hydrogen (secondary N) is 1. The maximum absolute atomic E-state index is 12.0. The predicted octanol–water partition coefficient (Wildman–Crippen LogP) is 10.1. The van der Waals surface area contributed by atoms with Crippen molar-refractivity contribution in [3.8, 4) is 0 Å². The van der Waals surface area contributed by atoms with E-state index < -0.39 is 0 Å². The zero-order valence-corrected chi connectivity index (χ0v) is 30.9. The molecule has 1 aromatic rings. The van der Waals surface area contributed by atoms with Gasteiger partial charge in [0.25, 0.3) is 5.91 Å². The molecule has 0 saturated carbocycles. The summed E-state index contributed by atoms with van der Waals surface area (Å²) in [5.74, 6) is 1.23. The van der Waals surface area contributed by atoms with E-state index in [1.165, 1.54) is 24.8 Å². The lowest BCUT2D eigenvalue weighted by atomic mass is 9.83. The monoisotopic (exact) mass is 628 g/mol. The number of rotatable bonds is 12. The molecule has 1 N–H and O–H groups in total. The van der Waals surface area contributed by atoms with Gasteiger partial charge in [0.1, 0.15) is 11.4 Å². The minimum absolute atomic E-state index is 0.0390. The molecule has 0 bridgehead atoms. The van der Waals surface area contributed by atoms with E-state index in [2.05, 4.69) is 38.0 Å². The Hall–Kier alpha value is -1.54. The molecule has 1 aliphatic heterocycles. The lowest BCUT2D eigenvalue weighted by Gasteiger charge is -2.32. The molecule has 2 heterocycles. The van der Waals surface area contributed by atoms with Crippen molar-refractivity contribution in [1.29, 1.82) is 0 Å². The molecule has 0 aliphatic carbocycles. The lowest BCUT2D eigenvalue weighted by molar-refractivity contribution is -0.159. The fourth-order valence-corrected chi connectivity index (χ4v) is 7.53. The minimum atomic E-state index is -0.362. The fraction of sp³-hybridized carbons (Fsp3) is 0.765. The van der Waals surface area contributed by atoms with E-state index in [9.17, 15) is 14.4 Å². The molecule has 2 rings (SSSR count). The number of ketones is 1. The van der Waals surface area contributed by atoms with Crippen LogP contribution in [0.1, 0.15) is 152 Å². The zero-order chi connectivity index (χ0) is 33.2. The van der Waals surface area contributed by atoms with Gasteiger partial charge in [-0.15, -0.1) is 0 Å². The Morgan fingerprint density at radius 3 is 2.07 bits per heavy atom. The van der Waals surface area contributed by atoms with Gasteiger partial charge in [-0.25, -0.2) is 0 Å². The number of hydrogen-bond donors (Lipinski definition) is 1. The van der Waals surface area contributed by atoms with Gasteiger partial charge in [-0.2, -0.15) is 0 Å². The predicted molar refractivity (Wildman–Crippen MR) is 186 cm³/mol. The molecule has 0 aromatic carbocycles. The van der Waals surface area contributed by atoms with E-state index in [1.54, 1.807) is 25.3 Å². The van der Waals surface area contributed by atoms with Crippen LogP contribution in [-0.2, 0) is 14.3 Å². The average molecular weight is 629 g/mol. The number of carbonyl (C=O) groups excluding carboxylic acids is 3. The highest BCUT2D eigenvalue weighted by molar-refractivity contribution is 8.77. The van der Waals surface area contributed by atoms with Crippen LogP contribution in [0.3, 0.4) is 0 Å². The normalized spacial score (nSPS) is 15.5. The Labute approximate surface area is 267 Å². The number of esters is 1. The molecule has 0 radical (unpaired) electrons. The van der Waals surface area contributed by atoms with Crippen LogP contribution in [0.5, 0.6) is 0 Å². The first-order valence-corrected chi connectivity index (χ1v) is 18.2. The third-order valence-electron chi connectivity index (χ3n) is 5.57. The number of unbranched alkanes of at least 4 members (excludes halogenated alkanes) is 1. The maximum Gasteiger partial charge on any atom is 0.306 e. The number of Topliss-reactive ketones (excluding diaryl/α,β-unsaturated/α-hetero) is 1. The van der Waals surface area contributed by atoms with Crippen molar-refractivity contribution in [2.75, 3.05) is 12.3 Å². The molecule has 0 spiro atoms. The minimum Gasteiger partial charge on any atom is -0.460 e. The number of amides is 1. The van der Waals surface area contributed by atoms with E-state index in [0.29, 0.717) is 36.1 Å². The maximum atomic E-state index is 12.0. The molecule has 1 amide bonds. The molecule has 8 heteroatoms. The van der Waals surface area contributed by atoms with Gasteiger partial charge in [0.05, 0.1) is 5.56 Å². The van der Waals surface area contributed by atoms with E-state index in [4.69, 9.17) is 4.74 Å². The molecule has 1 aliphatic rings. The second kappa shape index (κ2) is 25.9. The first-order valence-electron chi connectivity index (χ1n) is 15.9. The van der Waals surface area contributed by atoms with E-state index in [-0.39, 0.29) is 28.7 Å². The third-order valence-corrected chi connectivity index (χ3v) is 8.93. The summed E-state index contributed by atoms with van der Waals surface area (Å²) in [7, 11) is 4.00. The molecule has 1 fully saturated rings. The molecule has 1 saturated heterocycles. The van der Waals surface area contributed by atoms with Crippen LogP contribution in [0, 0.1) is 5.41 Å². The van der Waals surface area contributed by atoms with Crippen molar-refractivity contribution in [2.45, 2.75) is 152 Å². The fourth-order valence-electron chi connectivity index (χ4n) is 4.23. The van der Waals surface area contributed by atoms with Crippen molar-refractivity contribution in [3.63, 3.8) is 0 Å². The van der Waals surface area contributed by atoms with E-state index in [1.807, 2.05) is 77.0 Å². The summed E-state index contributed by atoms with van der Waals surface area (Å²) in [4.78, 5) is 37.9. The first-order chi connectivity index (χ1) is 19.7.